The molecule has 0 aliphatic heterocycles. The summed E-state index contributed by atoms with van der Waals surface area (Å²) in [7, 11) is -3.63. The van der Waals surface area contributed by atoms with E-state index in [4.69, 9.17) is 0 Å². The summed E-state index contributed by atoms with van der Waals surface area (Å²) in [5.74, 6) is 0.621. The fourth-order valence-electron chi connectivity index (χ4n) is 3.26. The van der Waals surface area contributed by atoms with E-state index < -0.39 is 10.0 Å². The maximum atomic E-state index is 12.7. The van der Waals surface area contributed by atoms with Crippen molar-refractivity contribution in [2.45, 2.75) is 31.8 Å². The van der Waals surface area contributed by atoms with Gasteiger partial charge in [-0.05, 0) is 43.7 Å². The Morgan fingerprint density at radius 2 is 1.76 bits per heavy atom. The van der Waals surface area contributed by atoms with E-state index in [-0.39, 0.29) is 11.4 Å². The Hall–Kier alpha value is -3.03. The van der Waals surface area contributed by atoms with Crippen molar-refractivity contribution in [3.8, 4) is 0 Å². The summed E-state index contributed by atoms with van der Waals surface area (Å²) in [4.78, 5) is 9.31. The van der Waals surface area contributed by atoms with Crippen molar-refractivity contribution in [3.05, 3.63) is 89.4 Å². The first-order valence-electron chi connectivity index (χ1n) is 9.34. The number of sulfonamides is 1. The van der Waals surface area contributed by atoms with E-state index in [1.165, 1.54) is 5.56 Å². The van der Waals surface area contributed by atoms with E-state index in [9.17, 15) is 8.42 Å². The topological polar surface area (TPSA) is 76.9 Å². The smallest absolute Gasteiger partial charge is 0.240 e. The van der Waals surface area contributed by atoms with Crippen LogP contribution in [0.5, 0.6) is 0 Å². The van der Waals surface area contributed by atoms with Gasteiger partial charge in [0.2, 0.25) is 10.0 Å². The predicted molar refractivity (Wildman–Crippen MR) is 113 cm³/mol. The van der Waals surface area contributed by atoms with Crippen LogP contribution >= 0.6 is 0 Å². The number of imidazole rings is 1. The molecule has 6 nitrogen and oxygen atoms in total. The maximum Gasteiger partial charge on any atom is 0.240 e. The van der Waals surface area contributed by atoms with Gasteiger partial charge in [0.25, 0.3) is 0 Å². The van der Waals surface area contributed by atoms with Gasteiger partial charge in [-0.1, -0.05) is 47.5 Å². The summed E-state index contributed by atoms with van der Waals surface area (Å²) in [5, 5.41) is 0. The number of pyridine rings is 1. The zero-order valence-corrected chi connectivity index (χ0v) is 17.1. The Balaban J connectivity index is 1.65. The molecule has 0 radical (unpaired) electrons. The molecule has 2 aromatic carbocycles. The molecule has 148 valence electrons. The van der Waals surface area contributed by atoms with E-state index >= 15 is 0 Å². The summed E-state index contributed by atoms with van der Waals surface area (Å²) in [6.45, 7) is 4.62. The molecule has 4 aromatic rings. The van der Waals surface area contributed by atoms with Crippen molar-refractivity contribution < 1.29 is 8.42 Å². The number of nitrogens with zero attached hydrogens (tertiary/aromatic N) is 3. The van der Waals surface area contributed by atoms with Gasteiger partial charge in [0, 0.05) is 6.20 Å². The number of fused-ring (bicyclic) bond motifs is 1. The van der Waals surface area contributed by atoms with Crippen LogP contribution in [0.2, 0.25) is 0 Å². The van der Waals surface area contributed by atoms with Gasteiger partial charge in [-0.3, -0.25) is 0 Å². The summed E-state index contributed by atoms with van der Waals surface area (Å²) in [6.07, 6.45) is 1.72. The summed E-state index contributed by atoms with van der Waals surface area (Å²) in [6, 6.07) is 18.7. The molecule has 0 atom stereocenters. The van der Waals surface area contributed by atoms with Crippen LogP contribution in [0, 0.1) is 13.8 Å². The lowest BCUT2D eigenvalue weighted by molar-refractivity contribution is 0.576. The van der Waals surface area contributed by atoms with E-state index in [2.05, 4.69) is 20.8 Å². The molecule has 0 saturated heterocycles. The Morgan fingerprint density at radius 3 is 2.52 bits per heavy atom. The molecular weight excluding hydrogens is 384 g/mol. The van der Waals surface area contributed by atoms with Crippen LogP contribution in [0.4, 0.5) is 0 Å². The summed E-state index contributed by atoms with van der Waals surface area (Å²) in [5.41, 5.74) is 4.76. The van der Waals surface area contributed by atoms with Crippen LogP contribution in [0.1, 0.15) is 22.5 Å². The molecule has 1 N–H and O–H groups in total. The number of hydrogen-bond acceptors (Lipinski definition) is 4. The third-order valence-corrected chi connectivity index (χ3v) is 6.17. The Kier molecular flexibility index (Phi) is 5.17. The molecule has 2 heterocycles. The summed E-state index contributed by atoms with van der Waals surface area (Å²) >= 11 is 0. The Labute approximate surface area is 170 Å². The number of aromatic nitrogens is 3. The molecule has 0 bridgehead atoms. The molecule has 29 heavy (non-hydrogen) atoms. The van der Waals surface area contributed by atoms with Gasteiger partial charge in [-0.2, -0.15) is 0 Å². The van der Waals surface area contributed by atoms with Crippen molar-refractivity contribution in [1.82, 2.24) is 19.3 Å². The van der Waals surface area contributed by atoms with Crippen LogP contribution in [0.3, 0.4) is 0 Å². The first-order valence-corrected chi connectivity index (χ1v) is 10.8. The number of rotatable bonds is 6. The molecule has 0 amide bonds. The monoisotopic (exact) mass is 406 g/mol. The van der Waals surface area contributed by atoms with Gasteiger partial charge in [0.05, 0.1) is 18.0 Å². The Morgan fingerprint density at radius 1 is 0.966 bits per heavy atom. The highest BCUT2D eigenvalue weighted by molar-refractivity contribution is 7.89. The second kappa shape index (κ2) is 7.77. The fraction of sp³-hybridized carbons (Fsp3) is 0.182. The van der Waals surface area contributed by atoms with Crippen molar-refractivity contribution in [2.24, 2.45) is 0 Å². The second-order valence-corrected chi connectivity index (χ2v) is 8.85. The van der Waals surface area contributed by atoms with Gasteiger partial charge in [0.1, 0.15) is 11.3 Å². The molecule has 0 aliphatic rings. The fourth-order valence-corrected chi connectivity index (χ4v) is 4.24. The molecule has 4 rings (SSSR count). The highest BCUT2D eigenvalue weighted by atomic mass is 32.2. The maximum absolute atomic E-state index is 12.7. The lowest BCUT2D eigenvalue weighted by Gasteiger charge is -2.11. The number of aryl methyl sites for hydroxylation is 2. The van der Waals surface area contributed by atoms with Crippen molar-refractivity contribution in [2.75, 3.05) is 0 Å². The first kappa shape index (κ1) is 19.3. The third kappa shape index (κ3) is 4.21. The average Bonchev–Trinajstić information content (AvgIpc) is 3.04. The van der Waals surface area contributed by atoms with Gasteiger partial charge in [-0.25, -0.2) is 23.1 Å². The number of benzene rings is 2. The lowest BCUT2D eigenvalue weighted by atomic mass is 10.1. The zero-order valence-electron chi connectivity index (χ0n) is 16.3. The van der Waals surface area contributed by atoms with E-state index in [1.807, 2.05) is 48.7 Å². The number of nitrogens with one attached hydrogen (secondary N) is 1. The molecule has 0 spiro atoms. The largest absolute Gasteiger partial charge is 0.307 e. The van der Waals surface area contributed by atoms with Crippen molar-refractivity contribution in [1.29, 1.82) is 0 Å². The zero-order chi connectivity index (χ0) is 20.4. The van der Waals surface area contributed by atoms with Gasteiger partial charge in [0.15, 0.2) is 5.65 Å². The SMILES string of the molecule is Cc1ccc(S(=O)(=O)NCc2nc3cccnc3n2Cc2cccc(C)c2)cc1. The molecule has 0 saturated carbocycles. The standard InChI is InChI=1S/C22H22N4O2S/c1-16-8-10-19(11-9-16)29(27,28)24-14-21-25-20-7-4-12-23-22(20)26(21)15-18-6-3-5-17(2)13-18/h3-13,24H,14-15H2,1-2H3. The third-order valence-electron chi connectivity index (χ3n) is 4.76. The number of hydrogen-bond donors (Lipinski definition) is 1. The summed E-state index contributed by atoms with van der Waals surface area (Å²) < 4.78 is 30.0. The van der Waals surface area contributed by atoms with Crippen LogP contribution < -0.4 is 4.72 Å². The molecule has 2 aromatic heterocycles. The van der Waals surface area contributed by atoms with Gasteiger partial charge < -0.3 is 4.57 Å². The highest BCUT2D eigenvalue weighted by Crippen LogP contribution is 2.18. The average molecular weight is 407 g/mol. The van der Waals surface area contributed by atoms with Crippen LogP contribution in [0.15, 0.2) is 71.8 Å². The van der Waals surface area contributed by atoms with E-state index in [1.54, 1.807) is 30.5 Å². The van der Waals surface area contributed by atoms with Crippen LogP contribution in [0.25, 0.3) is 11.2 Å². The lowest BCUT2D eigenvalue weighted by Crippen LogP contribution is -2.25. The van der Waals surface area contributed by atoms with Crippen molar-refractivity contribution >= 4 is 21.2 Å². The van der Waals surface area contributed by atoms with Gasteiger partial charge in [-0.15, -0.1) is 0 Å². The quantitative estimate of drug-likeness (QED) is 0.531. The van der Waals surface area contributed by atoms with E-state index in [0.717, 1.165) is 22.3 Å². The minimum absolute atomic E-state index is 0.0817. The normalized spacial score (nSPS) is 11.8. The van der Waals surface area contributed by atoms with Crippen molar-refractivity contribution in [3.63, 3.8) is 0 Å². The first-order chi connectivity index (χ1) is 13.9. The molecule has 7 heteroatoms. The molecule has 0 aliphatic carbocycles. The minimum Gasteiger partial charge on any atom is -0.307 e. The van der Waals surface area contributed by atoms with Gasteiger partial charge >= 0.3 is 0 Å². The molecule has 0 fully saturated rings. The minimum atomic E-state index is -3.63. The predicted octanol–water partition coefficient (Wildman–Crippen LogP) is 3.57. The molecular formula is C22H22N4O2S. The molecule has 0 unspecified atom stereocenters. The Bertz CT molecular complexity index is 1260. The van der Waals surface area contributed by atoms with Crippen LogP contribution in [-0.2, 0) is 23.1 Å². The van der Waals surface area contributed by atoms with E-state index in [0.29, 0.717) is 12.4 Å². The van der Waals surface area contributed by atoms with Crippen LogP contribution in [-0.4, -0.2) is 23.0 Å². The highest BCUT2D eigenvalue weighted by Gasteiger charge is 2.17. The second-order valence-electron chi connectivity index (χ2n) is 7.09.